The summed E-state index contributed by atoms with van der Waals surface area (Å²) in [6.45, 7) is 7.54. The highest BCUT2D eigenvalue weighted by atomic mass is 16.3. The SMILES string of the molecule is CCN(CC)C[C@@H](O)CNc1ccc(NCC2CC2)c2c1C(=O)c1ccccc1C2=O. The number of carbonyl (C=O) groups is 2. The third-order valence-corrected chi connectivity index (χ3v) is 6.25. The molecule has 0 amide bonds. The van der Waals surface area contributed by atoms with Gasteiger partial charge < -0.3 is 20.6 Å². The molecule has 6 nitrogen and oxygen atoms in total. The van der Waals surface area contributed by atoms with Crippen LogP contribution in [0.15, 0.2) is 36.4 Å². The minimum absolute atomic E-state index is 0.129. The van der Waals surface area contributed by atoms with E-state index in [9.17, 15) is 14.7 Å². The molecule has 1 saturated carbocycles. The second-order valence-electron chi connectivity index (χ2n) is 8.46. The van der Waals surface area contributed by atoms with Crippen LogP contribution in [0.1, 0.15) is 58.5 Å². The molecule has 2 aliphatic rings. The quantitative estimate of drug-likeness (QED) is 0.466. The molecule has 31 heavy (non-hydrogen) atoms. The standard InChI is InChI=1S/C25H31N3O3/c1-3-28(4-2)15-17(29)14-27-21-12-11-20(26-13-16-9-10-16)22-23(21)25(31)19-8-6-5-7-18(19)24(22)30/h5-8,11-12,16-17,26-27,29H,3-4,9-10,13-15H2,1-2H3/t17-/m0/s1. The molecule has 0 bridgehead atoms. The lowest BCUT2D eigenvalue weighted by molar-refractivity contribution is 0.0980. The zero-order valence-electron chi connectivity index (χ0n) is 18.3. The van der Waals surface area contributed by atoms with Gasteiger partial charge in [-0.1, -0.05) is 38.1 Å². The van der Waals surface area contributed by atoms with E-state index in [1.165, 1.54) is 12.8 Å². The Morgan fingerprint density at radius 3 is 2.00 bits per heavy atom. The van der Waals surface area contributed by atoms with Gasteiger partial charge in [0.2, 0.25) is 0 Å². The Morgan fingerprint density at radius 1 is 0.935 bits per heavy atom. The summed E-state index contributed by atoms with van der Waals surface area (Å²) >= 11 is 0. The van der Waals surface area contributed by atoms with E-state index in [0.29, 0.717) is 52.6 Å². The van der Waals surface area contributed by atoms with Crippen LogP contribution in [-0.4, -0.2) is 60.4 Å². The third kappa shape index (κ3) is 4.50. The van der Waals surface area contributed by atoms with Crippen molar-refractivity contribution in [3.05, 3.63) is 58.7 Å². The Balaban J connectivity index is 1.64. The average molecular weight is 422 g/mol. The molecule has 1 atom stereocenters. The van der Waals surface area contributed by atoms with Crippen LogP contribution in [0.3, 0.4) is 0 Å². The van der Waals surface area contributed by atoms with Crippen LogP contribution < -0.4 is 10.6 Å². The first-order valence-electron chi connectivity index (χ1n) is 11.3. The van der Waals surface area contributed by atoms with Crippen LogP contribution in [0.25, 0.3) is 0 Å². The second-order valence-corrected chi connectivity index (χ2v) is 8.46. The van der Waals surface area contributed by atoms with Crippen LogP contribution in [-0.2, 0) is 0 Å². The van der Waals surface area contributed by atoms with Crippen molar-refractivity contribution in [2.75, 3.05) is 43.4 Å². The van der Waals surface area contributed by atoms with Crippen LogP contribution in [0, 0.1) is 5.92 Å². The third-order valence-electron chi connectivity index (χ3n) is 6.25. The van der Waals surface area contributed by atoms with E-state index in [1.54, 1.807) is 24.3 Å². The normalized spacial score (nSPS) is 16.1. The van der Waals surface area contributed by atoms with E-state index in [4.69, 9.17) is 0 Å². The second kappa shape index (κ2) is 9.20. The van der Waals surface area contributed by atoms with Gasteiger partial charge in [-0.05, 0) is 44.0 Å². The van der Waals surface area contributed by atoms with Crippen molar-refractivity contribution in [3.8, 4) is 0 Å². The lowest BCUT2D eigenvalue weighted by atomic mass is 9.82. The van der Waals surface area contributed by atoms with Crippen LogP contribution in [0.2, 0.25) is 0 Å². The number of aliphatic hydroxyl groups excluding tert-OH is 1. The van der Waals surface area contributed by atoms with E-state index in [2.05, 4.69) is 29.4 Å². The summed E-state index contributed by atoms with van der Waals surface area (Å²) in [5.74, 6) is 0.363. The van der Waals surface area contributed by atoms with E-state index in [0.717, 1.165) is 19.6 Å². The first kappa shape index (κ1) is 21.5. The smallest absolute Gasteiger partial charge is 0.196 e. The number of nitrogens with one attached hydrogen (secondary N) is 2. The number of ketones is 2. The van der Waals surface area contributed by atoms with Crippen molar-refractivity contribution in [1.29, 1.82) is 0 Å². The number of hydrogen-bond acceptors (Lipinski definition) is 6. The highest BCUT2D eigenvalue weighted by Crippen LogP contribution is 2.37. The molecule has 6 heteroatoms. The van der Waals surface area contributed by atoms with Crippen molar-refractivity contribution in [1.82, 2.24) is 4.90 Å². The van der Waals surface area contributed by atoms with Crippen LogP contribution in [0.4, 0.5) is 11.4 Å². The summed E-state index contributed by atoms with van der Waals surface area (Å²) in [4.78, 5) is 28.9. The number of fused-ring (bicyclic) bond motifs is 2. The van der Waals surface area contributed by atoms with Gasteiger partial charge in [0.25, 0.3) is 0 Å². The lowest BCUT2D eigenvalue weighted by Gasteiger charge is -2.25. The van der Waals surface area contributed by atoms with Crippen LogP contribution >= 0.6 is 0 Å². The predicted molar refractivity (Wildman–Crippen MR) is 123 cm³/mol. The van der Waals surface area contributed by atoms with Gasteiger partial charge in [-0.15, -0.1) is 0 Å². The van der Waals surface area contributed by atoms with Crippen molar-refractivity contribution in [2.45, 2.75) is 32.8 Å². The van der Waals surface area contributed by atoms with E-state index in [-0.39, 0.29) is 11.6 Å². The van der Waals surface area contributed by atoms with Crippen molar-refractivity contribution >= 4 is 22.9 Å². The van der Waals surface area contributed by atoms with Crippen LogP contribution in [0.5, 0.6) is 0 Å². The molecule has 0 aromatic heterocycles. The molecule has 1 fully saturated rings. The zero-order chi connectivity index (χ0) is 22.0. The number of likely N-dealkylation sites (N-methyl/N-ethyl adjacent to an activating group) is 1. The maximum atomic E-state index is 13.4. The number of aliphatic hydroxyl groups is 1. The maximum Gasteiger partial charge on any atom is 0.196 e. The molecule has 164 valence electrons. The number of nitrogens with zero attached hydrogens (tertiary/aromatic N) is 1. The maximum absolute atomic E-state index is 13.4. The number of carbonyl (C=O) groups excluding carboxylic acids is 2. The first-order chi connectivity index (χ1) is 15.0. The summed E-state index contributed by atoms with van der Waals surface area (Å²) in [5.41, 5.74) is 3.04. The zero-order valence-corrected chi connectivity index (χ0v) is 18.3. The summed E-state index contributed by atoms with van der Waals surface area (Å²) in [6.07, 6.45) is 1.83. The minimum atomic E-state index is -0.579. The molecule has 4 rings (SSSR count). The minimum Gasteiger partial charge on any atom is -0.390 e. The first-order valence-corrected chi connectivity index (χ1v) is 11.3. The summed E-state index contributed by atoms with van der Waals surface area (Å²) < 4.78 is 0. The number of benzene rings is 2. The largest absolute Gasteiger partial charge is 0.390 e. The fourth-order valence-corrected chi connectivity index (χ4v) is 4.17. The van der Waals surface area contributed by atoms with Gasteiger partial charge in [0, 0.05) is 42.1 Å². The molecular formula is C25H31N3O3. The molecule has 2 aromatic carbocycles. The molecule has 0 unspecified atom stereocenters. The molecule has 0 radical (unpaired) electrons. The molecule has 0 spiro atoms. The van der Waals surface area contributed by atoms with E-state index < -0.39 is 6.10 Å². The van der Waals surface area contributed by atoms with Crippen molar-refractivity contribution < 1.29 is 14.7 Å². The predicted octanol–water partition coefficient (Wildman–Crippen LogP) is 3.40. The monoisotopic (exact) mass is 421 g/mol. The van der Waals surface area contributed by atoms with Gasteiger partial charge in [0.15, 0.2) is 11.6 Å². The van der Waals surface area contributed by atoms with Gasteiger partial charge in [-0.2, -0.15) is 0 Å². The van der Waals surface area contributed by atoms with Gasteiger partial charge in [0.05, 0.1) is 17.2 Å². The highest BCUT2D eigenvalue weighted by molar-refractivity contribution is 6.31. The lowest BCUT2D eigenvalue weighted by Crippen LogP contribution is -2.36. The van der Waals surface area contributed by atoms with Gasteiger partial charge in [-0.3, -0.25) is 9.59 Å². The number of rotatable bonds is 10. The molecule has 3 N–H and O–H groups in total. The summed E-state index contributed by atoms with van der Waals surface area (Å²) in [5, 5.41) is 17.1. The molecule has 2 aliphatic carbocycles. The molecule has 0 aliphatic heterocycles. The number of anilines is 2. The fourth-order valence-electron chi connectivity index (χ4n) is 4.17. The molecule has 0 heterocycles. The number of hydrogen-bond donors (Lipinski definition) is 3. The molecular weight excluding hydrogens is 390 g/mol. The average Bonchev–Trinajstić information content (AvgIpc) is 3.62. The fraction of sp³-hybridized carbons (Fsp3) is 0.440. The van der Waals surface area contributed by atoms with Gasteiger partial charge in [-0.25, -0.2) is 0 Å². The Morgan fingerprint density at radius 2 is 1.48 bits per heavy atom. The Hall–Kier alpha value is -2.70. The summed E-state index contributed by atoms with van der Waals surface area (Å²) in [7, 11) is 0. The molecule has 0 saturated heterocycles. The van der Waals surface area contributed by atoms with Gasteiger partial charge in [0.1, 0.15) is 0 Å². The Kier molecular flexibility index (Phi) is 6.39. The van der Waals surface area contributed by atoms with Crippen molar-refractivity contribution in [2.24, 2.45) is 5.92 Å². The van der Waals surface area contributed by atoms with E-state index in [1.807, 2.05) is 12.1 Å². The van der Waals surface area contributed by atoms with Crippen molar-refractivity contribution in [3.63, 3.8) is 0 Å². The summed E-state index contributed by atoms with van der Waals surface area (Å²) in [6, 6.07) is 10.7. The van der Waals surface area contributed by atoms with E-state index >= 15 is 0 Å². The van der Waals surface area contributed by atoms with Gasteiger partial charge >= 0.3 is 0 Å². The topological polar surface area (TPSA) is 81.7 Å². The molecule has 2 aromatic rings. The highest BCUT2D eigenvalue weighted by Gasteiger charge is 2.34. The Bertz CT molecular complexity index is 980. The Labute approximate surface area is 183 Å².